The number of hydrogen-bond acceptors (Lipinski definition) is 1. The minimum absolute atomic E-state index is 0.145. The lowest BCUT2D eigenvalue weighted by atomic mass is 9.91. The molecular weight excluding hydrogens is 312 g/mol. The SMILES string of the molecule is CCc1cc(CC)c(C(Br)c2ccc(C)o2)c(CC)c1. The summed E-state index contributed by atoms with van der Waals surface area (Å²) in [5.41, 5.74) is 5.67. The van der Waals surface area contributed by atoms with Crippen LogP contribution in [-0.2, 0) is 19.3 Å². The van der Waals surface area contributed by atoms with E-state index in [2.05, 4.69) is 54.9 Å². The van der Waals surface area contributed by atoms with E-state index in [-0.39, 0.29) is 4.83 Å². The molecule has 108 valence electrons. The Labute approximate surface area is 130 Å². The average Bonchev–Trinajstić information content (AvgIpc) is 2.91. The van der Waals surface area contributed by atoms with Crippen molar-refractivity contribution in [2.24, 2.45) is 0 Å². The molecule has 0 radical (unpaired) electrons. The van der Waals surface area contributed by atoms with Crippen molar-refractivity contribution < 1.29 is 4.42 Å². The number of halogens is 1. The Kier molecular flexibility index (Phi) is 5.09. The first-order chi connectivity index (χ1) is 9.60. The van der Waals surface area contributed by atoms with Crippen LogP contribution in [0.4, 0.5) is 0 Å². The van der Waals surface area contributed by atoms with Gasteiger partial charge in [0.15, 0.2) is 0 Å². The molecule has 2 heteroatoms. The van der Waals surface area contributed by atoms with Crippen LogP contribution in [0.25, 0.3) is 0 Å². The van der Waals surface area contributed by atoms with Crippen molar-refractivity contribution in [2.45, 2.75) is 51.8 Å². The van der Waals surface area contributed by atoms with Gasteiger partial charge in [-0.1, -0.05) is 48.8 Å². The zero-order chi connectivity index (χ0) is 14.7. The third-order valence-electron chi connectivity index (χ3n) is 3.85. The highest BCUT2D eigenvalue weighted by Gasteiger charge is 2.20. The molecule has 0 amide bonds. The third kappa shape index (κ3) is 3.01. The highest BCUT2D eigenvalue weighted by atomic mass is 79.9. The molecule has 1 atom stereocenters. The second kappa shape index (κ2) is 6.62. The van der Waals surface area contributed by atoms with Gasteiger partial charge in [0.25, 0.3) is 0 Å². The summed E-state index contributed by atoms with van der Waals surface area (Å²) in [7, 11) is 0. The molecule has 2 rings (SSSR count). The average molecular weight is 335 g/mol. The summed E-state index contributed by atoms with van der Waals surface area (Å²) in [6.45, 7) is 8.66. The molecule has 0 fully saturated rings. The Morgan fingerprint density at radius 1 is 1.00 bits per heavy atom. The van der Waals surface area contributed by atoms with Crippen LogP contribution >= 0.6 is 15.9 Å². The number of hydrogen-bond donors (Lipinski definition) is 0. The van der Waals surface area contributed by atoms with Crippen LogP contribution < -0.4 is 0 Å². The maximum atomic E-state index is 5.81. The predicted molar refractivity (Wildman–Crippen MR) is 88.8 cm³/mol. The first-order valence-corrected chi connectivity index (χ1v) is 8.37. The summed E-state index contributed by atoms with van der Waals surface area (Å²) in [6, 6.07) is 8.79. The van der Waals surface area contributed by atoms with Crippen molar-refractivity contribution in [1.29, 1.82) is 0 Å². The Bertz CT molecular complexity index is 558. The summed E-state index contributed by atoms with van der Waals surface area (Å²) >= 11 is 3.84. The summed E-state index contributed by atoms with van der Waals surface area (Å²) in [5, 5.41) is 0. The van der Waals surface area contributed by atoms with Crippen LogP contribution in [0.15, 0.2) is 28.7 Å². The second-order valence-electron chi connectivity index (χ2n) is 5.20. The van der Waals surface area contributed by atoms with E-state index in [9.17, 15) is 0 Å². The van der Waals surface area contributed by atoms with Crippen molar-refractivity contribution in [2.75, 3.05) is 0 Å². The molecule has 0 spiro atoms. The quantitative estimate of drug-likeness (QED) is 0.633. The molecule has 2 aromatic rings. The van der Waals surface area contributed by atoms with E-state index in [0.717, 1.165) is 30.8 Å². The molecule has 0 saturated heterocycles. The number of benzene rings is 1. The molecule has 0 aliphatic carbocycles. The number of aryl methyl sites for hydroxylation is 4. The van der Waals surface area contributed by atoms with Crippen LogP contribution in [0.3, 0.4) is 0 Å². The smallest absolute Gasteiger partial charge is 0.122 e. The van der Waals surface area contributed by atoms with Gasteiger partial charge < -0.3 is 4.42 Å². The Morgan fingerprint density at radius 3 is 2.00 bits per heavy atom. The maximum absolute atomic E-state index is 5.81. The topological polar surface area (TPSA) is 13.1 Å². The van der Waals surface area contributed by atoms with Crippen LogP contribution in [-0.4, -0.2) is 0 Å². The standard InChI is InChI=1S/C18H23BrO/c1-5-13-10-14(6-2)17(15(7-3)11-13)18(19)16-9-8-12(4)20-16/h8-11,18H,5-7H2,1-4H3. The van der Waals surface area contributed by atoms with Crippen molar-refractivity contribution >= 4 is 15.9 Å². The minimum Gasteiger partial charge on any atom is -0.465 e. The lowest BCUT2D eigenvalue weighted by Gasteiger charge is -2.19. The van der Waals surface area contributed by atoms with Crippen LogP contribution in [0.5, 0.6) is 0 Å². The van der Waals surface area contributed by atoms with Crippen molar-refractivity contribution in [3.8, 4) is 0 Å². The summed E-state index contributed by atoms with van der Waals surface area (Å²) in [5.74, 6) is 1.96. The van der Waals surface area contributed by atoms with E-state index in [1.54, 1.807) is 0 Å². The Hall–Kier alpha value is -1.02. The normalized spacial score (nSPS) is 12.7. The number of rotatable bonds is 5. The number of alkyl halides is 1. The van der Waals surface area contributed by atoms with Gasteiger partial charge in [0.05, 0.1) is 4.83 Å². The second-order valence-corrected chi connectivity index (χ2v) is 6.12. The van der Waals surface area contributed by atoms with Crippen molar-refractivity contribution in [3.05, 3.63) is 58.0 Å². The zero-order valence-corrected chi connectivity index (χ0v) is 14.4. The van der Waals surface area contributed by atoms with Gasteiger partial charge in [-0.15, -0.1) is 0 Å². The molecule has 1 aromatic carbocycles. The van der Waals surface area contributed by atoms with E-state index in [0.29, 0.717) is 0 Å². The van der Waals surface area contributed by atoms with Crippen LogP contribution in [0.1, 0.15) is 59.4 Å². The molecule has 0 bridgehead atoms. The largest absolute Gasteiger partial charge is 0.465 e. The van der Waals surface area contributed by atoms with Crippen molar-refractivity contribution in [3.63, 3.8) is 0 Å². The van der Waals surface area contributed by atoms with Crippen LogP contribution in [0.2, 0.25) is 0 Å². The van der Waals surface area contributed by atoms with E-state index in [1.807, 2.05) is 13.0 Å². The molecule has 0 aliphatic rings. The molecule has 20 heavy (non-hydrogen) atoms. The van der Waals surface area contributed by atoms with E-state index in [4.69, 9.17) is 4.42 Å². The summed E-state index contributed by atoms with van der Waals surface area (Å²) in [6.07, 6.45) is 3.20. The lowest BCUT2D eigenvalue weighted by molar-refractivity contribution is 0.491. The van der Waals surface area contributed by atoms with Gasteiger partial charge in [0.1, 0.15) is 11.5 Å². The van der Waals surface area contributed by atoms with Gasteiger partial charge >= 0.3 is 0 Å². The molecule has 1 nitrogen and oxygen atoms in total. The van der Waals surface area contributed by atoms with Gasteiger partial charge in [-0.05, 0) is 60.6 Å². The van der Waals surface area contributed by atoms with Gasteiger partial charge in [0, 0.05) is 0 Å². The fourth-order valence-electron chi connectivity index (χ4n) is 2.70. The third-order valence-corrected chi connectivity index (χ3v) is 4.75. The fraction of sp³-hybridized carbons (Fsp3) is 0.444. The minimum atomic E-state index is 0.145. The molecule has 1 heterocycles. The van der Waals surface area contributed by atoms with Gasteiger partial charge in [-0.25, -0.2) is 0 Å². The molecule has 0 aliphatic heterocycles. The van der Waals surface area contributed by atoms with Crippen LogP contribution in [0, 0.1) is 6.92 Å². The Morgan fingerprint density at radius 2 is 1.60 bits per heavy atom. The van der Waals surface area contributed by atoms with Gasteiger partial charge in [-0.2, -0.15) is 0 Å². The highest BCUT2D eigenvalue weighted by Crippen LogP contribution is 2.37. The van der Waals surface area contributed by atoms with E-state index < -0.39 is 0 Å². The van der Waals surface area contributed by atoms with Gasteiger partial charge in [-0.3, -0.25) is 0 Å². The molecule has 1 aromatic heterocycles. The Balaban J connectivity index is 2.53. The first-order valence-electron chi connectivity index (χ1n) is 7.45. The summed E-state index contributed by atoms with van der Waals surface area (Å²) < 4.78 is 5.81. The highest BCUT2D eigenvalue weighted by molar-refractivity contribution is 9.09. The van der Waals surface area contributed by atoms with E-state index >= 15 is 0 Å². The molecule has 0 N–H and O–H groups in total. The monoisotopic (exact) mass is 334 g/mol. The molecular formula is C18H23BrO. The molecule has 1 unspecified atom stereocenters. The zero-order valence-electron chi connectivity index (χ0n) is 12.8. The number of furan rings is 1. The van der Waals surface area contributed by atoms with Gasteiger partial charge in [0.2, 0.25) is 0 Å². The summed E-state index contributed by atoms with van der Waals surface area (Å²) in [4.78, 5) is 0.145. The molecule has 0 saturated carbocycles. The predicted octanol–water partition coefficient (Wildman–Crippen LogP) is 5.76. The lowest BCUT2D eigenvalue weighted by Crippen LogP contribution is -2.04. The van der Waals surface area contributed by atoms with Crippen molar-refractivity contribution in [1.82, 2.24) is 0 Å². The maximum Gasteiger partial charge on any atom is 0.122 e. The first kappa shape index (κ1) is 15.4. The van der Waals surface area contributed by atoms with E-state index in [1.165, 1.54) is 22.3 Å². The fourth-order valence-corrected chi connectivity index (χ4v) is 3.53.